The van der Waals surface area contributed by atoms with E-state index in [2.05, 4.69) is 20.2 Å². The van der Waals surface area contributed by atoms with Gasteiger partial charge in [-0.2, -0.15) is 0 Å². The molecule has 2 aromatic carbocycles. The Labute approximate surface area is 170 Å². The summed E-state index contributed by atoms with van der Waals surface area (Å²) < 4.78 is 7.31. The maximum Gasteiger partial charge on any atom is 0.412 e. The molecule has 152 valence electrons. The van der Waals surface area contributed by atoms with E-state index in [9.17, 15) is 9.59 Å². The normalized spacial score (nSPS) is 11.3. The van der Waals surface area contributed by atoms with Gasteiger partial charge in [-0.25, -0.2) is 9.78 Å². The fraction of sp³-hybridized carbons (Fsp3) is 0.318. The molecule has 0 aliphatic heterocycles. The van der Waals surface area contributed by atoms with Gasteiger partial charge < -0.3 is 14.6 Å². The van der Waals surface area contributed by atoms with Crippen LogP contribution in [0.3, 0.4) is 0 Å². The van der Waals surface area contributed by atoms with Crippen molar-refractivity contribution in [3.8, 4) is 0 Å². The number of fused-ring (bicyclic) bond motifs is 1. The Morgan fingerprint density at radius 3 is 2.62 bits per heavy atom. The number of imidazole rings is 1. The van der Waals surface area contributed by atoms with Crippen molar-refractivity contribution in [2.75, 3.05) is 11.9 Å². The first-order valence-corrected chi connectivity index (χ1v) is 9.53. The van der Waals surface area contributed by atoms with E-state index in [-0.39, 0.29) is 5.91 Å². The van der Waals surface area contributed by atoms with Crippen LogP contribution in [-0.4, -0.2) is 33.7 Å². The summed E-state index contributed by atoms with van der Waals surface area (Å²) in [6.07, 6.45) is -0.558. The molecule has 7 nitrogen and oxygen atoms in total. The van der Waals surface area contributed by atoms with Gasteiger partial charge in [0.05, 0.1) is 11.0 Å². The third-order valence-electron chi connectivity index (χ3n) is 4.24. The first-order valence-electron chi connectivity index (χ1n) is 9.53. The molecule has 0 aliphatic carbocycles. The van der Waals surface area contributed by atoms with Crippen LogP contribution in [0.1, 0.15) is 37.0 Å². The minimum Gasteiger partial charge on any atom is -0.444 e. The number of para-hydroxylation sites is 2. The molecule has 0 saturated carbocycles. The van der Waals surface area contributed by atoms with E-state index in [1.807, 2.05) is 31.2 Å². The first-order chi connectivity index (χ1) is 13.7. The predicted octanol–water partition coefficient (Wildman–Crippen LogP) is 4.12. The third-order valence-corrected chi connectivity index (χ3v) is 4.24. The summed E-state index contributed by atoms with van der Waals surface area (Å²) in [6, 6.07) is 14.7. The molecule has 0 atom stereocenters. The van der Waals surface area contributed by atoms with Crippen LogP contribution in [0.15, 0.2) is 48.5 Å². The van der Waals surface area contributed by atoms with E-state index in [4.69, 9.17) is 4.74 Å². The van der Waals surface area contributed by atoms with E-state index in [1.54, 1.807) is 45.0 Å². The van der Waals surface area contributed by atoms with Gasteiger partial charge in [0, 0.05) is 24.3 Å². The minimum absolute atomic E-state index is 0.208. The number of nitrogens with one attached hydrogen (secondary N) is 2. The SMILES string of the molecule is Cc1nc2ccccc2n1CCNC(=O)c1cccc(NC(=O)OC(C)(C)C)c1. The van der Waals surface area contributed by atoms with Crippen LogP contribution < -0.4 is 10.6 Å². The molecule has 29 heavy (non-hydrogen) atoms. The Morgan fingerprint density at radius 2 is 1.86 bits per heavy atom. The highest BCUT2D eigenvalue weighted by Gasteiger charge is 2.16. The number of benzene rings is 2. The van der Waals surface area contributed by atoms with E-state index in [0.717, 1.165) is 16.9 Å². The summed E-state index contributed by atoms with van der Waals surface area (Å²) >= 11 is 0. The lowest BCUT2D eigenvalue weighted by atomic mass is 10.2. The van der Waals surface area contributed by atoms with Gasteiger partial charge in [-0.3, -0.25) is 10.1 Å². The lowest BCUT2D eigenvalue weighted by Crippen LogP contribution is -2.28. The van der Waals surface area contributed by atoms with Crippen LogP contribution in [0.25, 0.3) is 11.0 Å². The molecule has 0 saturated heterocycles. The number of aryl methyl sites for hydroxylation is 1. The summed E-state index contributed by atoms with van der Waals surface area (Å²) in [5, 5.41) is 5.56. The van der Waals surface area contributed by atoms with Crippen molar-refractivity contribution in [3.05, 3.63) is 59.9 Å². The number of nitrogens with zero attached hydrogens (tertiary/aromatic N) is 2. The zero-order valence-electron chi connectivity index (χ0n) is 17.2. The summed E-state index contributed by atoms with van der Waals surface area (Å²) in [5.41, 5.74) is 2.36. The Kier molecular flexibility index (Phi) is 5.87. The largest absolute Gasteiger partial charge is 0.444 e. The van der Waals surface area contributed by atoms with Crippen LogP contribution in [0.5, 0.6) is 0 Å². The number of amides is 2. The summed E-state index contributed by atoms with van der Waals surface area (Å²) in [4.78, 5) is 28.9. The van der Waals surface area contributed by atoms with Gasteiger partial charge in [-0.15, -0.1) is 0 Å². The summed E-state index contributed by atoms with van der Waals surface area (Å²) in [5.74, 6) is 0.698. The molecule has 0 radical (unpaired) electrons. The maximum atomic E-state index is 12.5. The van der Waals surface area contributed by atoms with Crippen molar-refractivity contribution in [2.45, 2.75) is 39.8 Å². The molecule has 0 aliphatic rings. The van der Waals surface area contributed by atoms with Gasteiger partial charge >= 0.3 is 6.09 Å². The zero-order chi connectivity index (χ0) is 21.0. The highest BCUT2D eigenvalue weighted by Crippen LogP contribution is 2.16. The number of carbonyl (C=O) groups is 2. The quantitative estimate of drug-likeness (QED) is 0.682. The predicted molar refractivity (Wildman–Crippen MR) is 113 cm³/mol. The van der Waals surface area contributed by atoms with E-state index in [0.29, 0.717) is 24.3 Å². The molecule has 0 bridgehead atoms. The first kappa shape index (κ1) is 20.4. The maximum absolute atomic E-state index is 12.5. The van der Waals surface area contributed by atoms with Crippen LogP contribution >= 0.6 is 0 Å². The number of anilines is 1. The molecule has 0 fully saturated rings. The van der Waals surface area contributed by atoms with Gasteiger partial charge in [-0.1, -0.05) is 18.2 Å². The molecule has 0 unspecified atom stereocenters. The van der Waals surface area contributed by atoms with Gasteiger partial charge in [-0.05, 0) is 58.0 Å². The van der Waals surface area contributed by atoms with Crippen LogP contribution in [-0.2, 0) is 11.3 Å². The number of hydrogen-bond acceptors (Lipinski definition) is 4. The van der Waals surface area contributed by atoms with Crippen molar-refractivity contribution in [3.63, 3.8) is 0 Å². The van der Waals surface area contributed by atoms with E-state index >= 15 is 0 Å². The topological polar surface area (TPSA) is 85.3 Å². The lowest BCUT2D eigenvalue weighted by Gasteiger charge is -2.19. The number of hydrogen-bond donors (Lipinski definition) is 2. The summed E-state index contributed by atoms with van der Waals surface area (Å²) in [7, 11) is 0. The fourth-order valence-electron chi connectivity index (χ4n) is 3.02. The molecule has 0 spiro atoms. The van der Waals surface area contributed by atoms with Crippen LogP contribution in [0.2, 0.25) is 0 Å². The second-order valence-corrected chi connectivity index (χ2v) is 7.76. The van der Waals surface area contributed by atoms with Crippen molar-refractivity contribution in [2.24, 2.45) is 0 Å². The van der Waals surface area contributed by atoms with Crippen molar-refractivity contribution in [1.29, 1.82) is 0 Å². The highest BCUT2D eigenvalue weighted by atomic mass is 16.6. The smallest absolute Gasteiger partial charge is 0.412 e. The number of rotatable bonds is 5. The molecule has 2 amide bonds. The Bertz CT molecular complexity index is 1030. The monoisotopic (exact) mass is 394 g/mol. The molecular weight excluding hydrogens is 368 g/mol. The zero-order valence-corrected chi connectivity index (χ0v) is 17.2. The molecule has 3 aromatic rings. The van der Waals surface area contributed by atoms with Gasteiger partial charge in [0.25, 0.3) is 5.91 Å². The molecule has 3 rings (SSSR count). The lowest BCUT2D eigenvalue weighted by molar-refractivity contribution is 0.0635. The van der Waals surface area contributed by atoms with Gasteiger partial charge in [0.2, 0.25) is 0 Å². The fourth-order valence-corrected chi connectivity index (χ4v) is 3.02. The second-order valence-electron chi connectivity index (χ2n) is 7.76. The van der Waals surface area contributed by atoms with Crippen molar-refractivity contribution in [1.82, 2.24) is 14.9 Å². The van der Waals surface area contributed by atoms with Crippen molar-refractivity contribution >= 4 is 28.7 Å². The Hall–Kier alpha value is -3.35. The number of carbonyl (C=O) groups excluding carboxylic acids is 2. The number of aromatic nitrogens is 2. The van der Waals surface area contributed by atoms with E-state index < -0.39 is 11.7 Å². The molecular formula is C22H26N4O3. The highest BCUT2D eigenvalue weighted by molar-refractivity contribution is 5.96. The Balaban J connectivity index is 1.59. The van der Waals surface area contributed by atoms with Gasteiger partial charge in [0.15, 0.2) is 0 Å². The minimum atomic E-state index is -0.589. The second kappa shape index (κ2) is 8.34. The molecule has 7 heteroatoms. The standard InChI is InChI=1S/C22H26N4O3/c1-15-24-18-10-5-6-11-19(18)26(15)13-12-23-20(27)16-8-7-9-17(14-16)25-21(28)29-22(2,3)4/h5-11,14H,12-13H2,1-4H3,(H,23,27)(H,25,28). The number of ether oxygens (including phenoxy) is 1. The van der Waals surface area contributed by atoms with Crippen molar-refractivity contribution < 1.29 is 14.3 Å². The van der Waals surface area contributed by atoms with E-state index in [1.165, 1.54) is 0 Å². The molecule has 2 N–H and O–H groups in total. The van der Waals surface area contributed by atoms with Gasteiger partial charge in [0.1, 0.15) is 11.4 Å². The molecule has 1 aromatic heterocycles. The average molecular weight is 394 g/mol. The summed E-state index contributed by atoms with van der Waals surface area (Å²) in [6.45, 7) is 8.41. The third kappa shape index (κ3) is 5.34. The van der Waals surface area contributed by atoms with Crippen LogP contribution in [0, 0.1) is 6.92 Å². The average Bonchev–Trinajstić information content (AvgIpc) is 2.95. The van der Waals surface area contributed by atoms with Crippen LogP contribution in [0.4, 0.5) is 10.5 Å². The Morgan fingerprint density at radius 1 is 1.10 bits per heavy atom. The molecule has 1 heterocycles.